The first kappa shape index (κ1) is 27.9. The van der Waals surface area contributed by atoms with Crippen LogP contribution in [0.2, 0.25) is 0 Å². The van der Waals surface area contributed by atoms with Gasteiger partial charge >= 0.3 is 0 Å². The lowest BCUT2D eigenvalue weighted by atomic mass is 9.76. The molecule has 3 unspecified atom stereocenters. The van der Waals surface area contributed by atoms with E-state index < -0.39 is 0 Å². The van der Waals surface area contributed by atoms with E-state index in [1.54, 1.807) is 13.2 Å². The summed E-state index contributed by atoms with van der Waals surface area (Å²) in [6.07, 6.45) is 13.2. The van der Waals surface area contributed by atoms with Crippen LogP contribution in [0.25, 0.3) is 0 Å². The Morgan fingerprint density at radius 2 is 2.03 bits per heavy atom. The molecule has 1 saturated heterocycles. The second-order valence-electron chi connectivity index (χ2n) is 8.23. The molecule has 0 radical (unpaired) electrons. The summed E-state index contributed by atoms with van der Waals surface area (Å²) in [5.74, 6) is 2.22. The summed E-state index contributed by atoms with van der Waals surface area (Å²) in [6, 6.07) is 0.495. The minimum Gasteiger partial charge on any atom is -0.497 e. The summed E-state index contributed by atoms with van der Waals surface area (Å²) in [5.41, 5.74) is 1.79. The van der Waals surface area contributed by atoms with Gasteiger partial charge in [0.1, 0.15) is 5.76 Å². The SMILES string of the molecule is CC.CC/C=C/C(=C\C=C\F)C(=O)NCC1CN(C(CC)C2C=CC(OC)=C(C)C2C)C1. The van der Waals surface area contributed by atoms with Crippen molar-refractivity contribution in [2.45, 2.75) is 60.4 Å². The van der Waals surface area contributed by atoms with E-state index in [4.69, 9.17) is 4.74 Å². The van der Waals surface area contributed by atoms with Crippen LogP contribution in [0.1, 0.15) is 54.4 Å². The van der Waals surface area contributed by atoms with Crippen LogP contribution in [0.5, 0.6) is 0 Å². The third-order valence-corrected chi connectivity index (χ3v) is 6.35. The zero-order valence-electron chi connectivity index (χ0n) is 21.0. The molecule has 2 rings (SSSR count). The van der Waals surface area contributed by atoms with Crippen molar-refractivity contribution in [3.05, 3.63) is 59.7 Å². The van der Waals surface area contributed by atoms with Gasteiger partial charge < -0.3 is 10.1 Å². The summed E-state index contributed by atoms with van der Waals surface area (Å²) in [5, 5.41) is 3.01. The maximum atomic E-state index is 12.4. The number of carbonyl (C=O) groups excluding carboxylic acids is 1. The lowest BCUT2D eigenvalue weighted by molar-refractivity contribution is -0.117. The number of ether oxygens (including phenoxy) is 1. The van der Waals surface area contributed by atoms with E-state index in [1.807, 2.05) is 26.8 Å². The van der Waals surface area contributed by atoms with Crippen LogP contribution in [0.3, 0.4) is 0 Å². The van der Waals surface area contributed by atoms with Crippen molar-refractivity contribution in [2.24, 2.45) is 17.8 Å². The maximum absolute atomic E-state index is 12.4. The van der Waals surface area contributed by atoms with Crippen LogP contribution in [0, 0.1) is 17.8 Å². The van der Waals surface area contributed by atoms with E-state index >= 15 is 0 Å². The molecule has 3 atom stereocenters. The molecular formula is C27H43FN2O2. The fourth-order valence-electron chi connectivity index (χ4n) is 4.41. The predicted molar refractivity (Wildman–Crippen MR) is 133 cm³/mol. The first-order chi connectivity index (χ1) is 15.5. The minimum atomic E-state index is -0.153. The van der Waals surface area contributed by atoms with Gasteiger partial charge in [-0.25, -0.2) is 4.39 Å². The highest BCUT2D eigenvalue weighted by Crippen LogP contribution is 2.36. The zero-order chi connectivity index (χ0) is 24.1. The smallest absolute Gasteiger partial charge is 0.251 e. The number of allylic oxidation sites excluding steroid dienone is 5. The molecule has 180 valence electrons. The van der Waals surface area contributed by atoms with E-state index in [2.05, 4.69) is 43.1 Å². The van der Waals surface area contributed by atoms with Gasteiger partial charge in [0.15, 0.2) is 0 Å². The van der Waals surface area contributed by atoms with E-state index in [0.717, 1.165) is 31.7 Å². The van der Waals surface area contributed by atoms with E-state index in [0.29, 0.717) is 42.2 Å². The van der Waals surface area contributed by atoms with Gasteiger partial charge in [-0.3, -0.25) is 9.69 Å². The molecule has 1 aliphatic carbocycles. The molecule has 32 heavy (non-hydrogen) atoms. The number of hydrogen-bond acceptors (Lipinski definition) is 3. The summed E-state index contributed by atoms with van der Waals surface area (Å²) < 4.78 is 17.8. The molecular weight excluding hydrogens is 403 g/mol. The summed E-state index contributed by atoms with van der Waals surface area (Å²) in [6.45, 7) is 15.3. The molecule has 1 amide bonds. The van der Waals surface area contributed by atoms with Crippen molar-refractivity contribution in [3.63, 3.8) is 0 Å². The van der Waals surface area contributed by atoms with Crippen LogP contribution >= 0.6 is 0 Å². The molecule has 0 saturated carbocycles. The van der Waals surface area contributed by atoms with Crippen molar-refractivity contribution in [3.8, 4) is 0 Å². The second kappa shape index (κ2) is 14.8. The average molecular weight is 447 g/mol. The highest BCUT2D eigenvalue weighted by molar-refractivity contribution is 5.96. The fourth-order valence-corrected chi connectivity index (χ4v) is 4.41. The zero-order valence-corrected chi connectivity index (χ0v) is 21.0. The Morgan fingerprint density at radius 1 is 1.34 bits per heavy atom. The molecule has 0 spiro atoms. The summed E-state index contributed by atoms with van der Waals surface area (Å²) in [4.78, 5) is 15.0. The lowest BCUT2D eigenvalue weighted by Crippen LogP contribution is -2.57. The molecule has 0 aromatic carbocycles. The number of nitrogens with zero attached hydrogens (tertiary/aromatic N) is 1. The third-order valence-electron chi connectivity index (χ3n) is 6.35. The lowest BCUT2D eigenvalue weighted by Gasteiger charge is -2.48. The van der Waals surface area contributed by atoms with Crippen molar-refractivity contribution >= 4 is 5.91 Å². The normalized spacial score (nSPS) is 23.2. The molecule has 2 aliphatic rings. The number of likely N-dealkylation sites (tertiary alicyclic amines) is 1. The van der Waals surface area contributed by atoms with Crippen molar-refractivity contribution in [1.82, 2.24) is 10.2 Å². The number of methoxy groups -OCH3 is 1. The predicted octanol–water partition coefficient (Wildman–Crippen LogP) is 5.96. The Kier molecular flexibility index (Phi) is 12.9. The van der Waals surface area contributed by atoms with Crippen LogP contribution in [-0.2, 0) is 9.53 Å². The molecule has 0 bridgehead atoms. The van der Waals surface area contributed by atoms with Crippen LogP contribution in [-0.4, -0.2) is 43.6 Å². The van der Waals surface area contributed by atoms with E-state index in [9.17, 15) is 9.18 Å². The van der Waals surface area contributed by atoms with Crippen molar-refractivity contribution < 1.29 is 13.9 Å². The maximum Gasteiger partial charge on any atom is 0.251 e. The number of carbonyl (C=O) groups is 1. The van der Waals surface area contributed by atoms with Gasteiger partial charge in [-0.1, -0.05) is 52.8 Å². The Hall–Kier alpha value is -2.14. The molecule has 1 fully saturated rings. The van der Waals surface area contributed by atoms with Gasteiger partial charge in [-0.2, -0.15) is 0 Å². The number of nitrogens with one attached hydrogen (secondary N) is 1. The fraction of sp³-hybridized carbons (Fsp3) is 0.593. The molecule has 0 aromatic heterocycles. The summed E-state index contributed by atoms with van der Waals surface area (Å²) >= 11 is 0. The van der Waals surface area contributed by atoms with Crippen LogP contribution in [0.15, 0.2) is 59.7 Å². The number of amides is 1. The molecule has 4 nitrogen and oxygen atoms in total. The van der Waals surface area contributed by atoms with E-state index in [1.165, 1.54) is 17.7 Å². The number of halogens is 1. The van der Waals surface area contributed by atoms with Crippen LogP contribution < -0.4 is 5.32 Å². The Morgan fingerprint density at radius 3 is 2.59 bits per heavy atom. The van der Waals surface area contributed by atoms with Gasteiger partial charge in [0.05, 0.1) is 13.4 Å². The monoisotopic (exact) mass is 446 g/mol. The second-order valence-corrected chi connectivity index (χ2v) is 8.23. The van der Waals surface area contributed by atoms with Gasteiger partial charge in [0, 0.05) is 37.2 Å². The molecule has 1 heterocycles. The molecule has 1 N–H and O–H groups in total. The highest BCUT2D eigenvalue weighted by atomic mass is 19.1. The summed E-state index contributed by atoms with van der Waals surface area (Å²) in [7, 11) is 1.73. The van der Waals surface area contributed by atoms with Gasteiger partial charge in [0.2, 0.25) is 0 Å². The standard InChI is InChI=1S/C25H37FN2O2.C2H6/c1-6-8-10-21(11-9-14-26)25(29)27-15-20-16-28(17-20)23(7-2)22-12-13-24(30-5)19(4)18(22)3;1-2/h8-14,18,20,22-23H,6-7,15-17H2,1-5H3,(H,27,29);1-2H3/b10-8+,14-9+,21-11+;. The van der Waals surface area contributed by atoms with Crippen molar-refractivity contribution in [1.29, 1.82) is 0 Å². The molecule has 0 aromatic rings. The quantitative estimate of drug-likeness (QED) is 0.333. The Labute approximate surface area is 195 Å². The van der Waals surface area contributed by atoms with Gasteiger partial charge in [-0.15, -0.1) is 0 Å². The number of hydrogen-bond donors (Lipinski definition) is 1. The number of rotatable bonds is 10. The van der Waals surface area contributed by atoms with Crippen LogP contribution in [0.4, 0.5) is 4.39 Å². The third kappa shape index (κ3) is 7.47. The first-order valence-electron chi connectivity index (χ1n) is 12.0. The van der Waals surface area contributed by atoms with Gasteiger partial charge in [0.25, 0.3) is 5.91 Å². The van der Waals surface area contributed by atoms with E-state index in [-0.39, 0.29) is 5.91 Å². The topological polar surface area (TPSA) is 41.6 Å². The molecule has 1 aliphatic heterocycles. The average Bonchev–Trinajstić information content (AvgIpc) is 2.79. The molecule has 5 heteroatoms. The van der Waals surface area contributed by atoms with Crippen molar-refractivity contribution in [2.75, 3.05) is 26.7 Å². The Bertz CT molecular complexity index is 730. The minimum absolute atomic E-state index is 0.153. The highest BCUT2D eigenvalue weighted by Gasteiger charge is 2.38. The first-order valence-corrected chi connectivity index (χ1v) is 12.0. The largest absolute Gasteiger partial charge is 0.497 e. The van der Waals surface area contributed by atoms with Gasteiger partial charge in [-0.05, 0) is 55.4 Å². The Balaban J connectivity index is 0.00000249.